The third-order valence-corrected chi connectivity index (χ3v) is 3.50. The molecule has 0 saturated heterocycles. The van der Waals surface area contributed by atoms with Crippen molar-refractivity contribution in [2.75, 3.05) is 11.5 Å². The molecule has 0 unspecified atom stereocenters. The molecule has 0 aliphatic carbocycles. The molecule has 0 aliphatic heterocycles. The van der Waals surface area contributed by atoms with Crippen molar-refractivity contribution < 1.29 is 4.79 Å². The van der Waals surface area contributed by atoms with Gasteiger partial charge in [0.05, 0.1) is 0 Å². The third-order valence-electron chi connectivity index (χ3n) is 1.49. The Labute approximate surface area is 92.3 Å². The highest BCUT2D eigenvalue weighted by Crippen LogP contribution is 2.12. The van der Waals surface area contributed by atoms with Gasteiger partial charge in [0, 0.05) is 12.2 Å². The summed E-state index contributed by atoms with van der Waals surface area (Å²) in [5.41, 5.74) is 1.13. The van der Waals surface area contributed by atoms with Crippen LogP contribution < -0.4 is 0 Å². The minimum atomic E-state index is 0.264. The largest absolute Gasteiger partial charge is 0.287 e. The Morgan fingerprint density at radius 3 is 3.08 bits per heavy atom. The number of thioether (sulfide) groups is 1. The van der Waals surface area contributed by atoms with Crippen LogP contribution in [0.25, 0.3) is 0 Å². The number of carbonyl (C=O) groups is 1. The normalized spacial score (nSPS) is 10.2. The standard InChI is InChI=1S/C9H12OS3/c10-9(13-4-1-3-11)6-8-2-5-12-7-8/h2,5,7,11H,1,3-4,6H2. The summed E-state index contributed by atoms with van der Waals surface area (Å²) in [7, 11) is 0. The lowest BCUT2D eigenvalue weighted by Gasteiger charge is -1.97. The zero-order valence-corrected chi connectivity index (χ0v) is 9.76. The first-order valence-electron chi connectivity index (χ1n) is 4.10. The average molecular weight is 232 g/mol. The van der Waals surface area contributed by atoms with Crippen LogP contribution in [-0.4, -0.2) is 16.6 Å². The van der Waals surface area contributed by atoms with Crippen LogP contribution in [0.5, 0.6) is 0 Å². The van der Waals surface area contributed by atoms with Crippen molar-refractivity contribution in [3.8, 4) is 0 Å². The molecule has 0 amide bonds. The smallest absolute Gasteiger partial charge is 0.193 e. The van der Waals surface area contributed by atoms with E-state index in [2.05, 4.69) is 12.6 Å². The van der Waals surface area contributed by atoms with Crippen LogP contribution in [-0.2, 0) is 11.2 Å². The highest BCUT2D eigenvalue weighted by atomic mass is 32.2. The molecule has 1 rings (SSSR count). The zero-order valence-electron chi connectivity index (χ0n) is 7.23. The van der Waals surface area contributed by atoms with E-state index in [4.69, 9.17) is 0 Å². The SMILES string of the molecule is O=C(Cc1ccsc1)SCCCS. The molecule has 13 heavy (non-hydrogen) atoms. The Hall–Kier alpha value is 0.0700. The van der Waals surface area contributed by atoms with Gasteiger partial charge < -0.3 is 0 Å². The lowest BCUT2D eigenvalue weighted by Crippen LogP contribution is -1.97. The van der Waals surface area contributed by atoms with Gasteiger partial charge in [-0.05, 0) is 34.6 Å². The fourth-order valence-corrected chi connectivity index (χ4v) is 2.69. The molecule has 0 radical (unpaired) electrons. The summed E-state index contributed by atoms with van der Waals surface area (Å²) in [5.74, 6) is 1.76. The van der Waals surface area contributed by atoms with Gasteiger partial charge in [0.1, 0.15) is 0 Å². The second-order valence-corrected chi connectivity index (χ2v) is 4.99. The molecular weight excluding hydrogens is 220 g/mol. The van der Waals surface area contributed by atoms with Crippen molar-refractivity contribution in [3.05, 3.63) is 22.4 Å². The van der Waals surface area contributed by atoms with Crippen molar-refractivity contribution in [1.29, 1.82) is 0 Å². The van der Waals surface area contributed by atoms with Gasteiger partial charge in [0.2, 0.25) is 0 Å². The van der Waals surface area contributed by atoms with E-state index in [1.54, 1.807) is 11.3 Å². The zero-order chi connectivity index (χ0) is 9.52. The van der Waals surface area contributed by atoms with E-state index in [0.29, 0.717) is 6.42 Å². The van der Waals surface area contributed by atoms with Crippen LogP contribution in [0.15, 0.2) is 16.8 Å². The van der Waals surface area contributed by atoms with E-state index >= 15 is 0 Å². The highest BCUT2D eigenvalue weighted by Gasteiger charge is 2.03. The van der Waals surface area contributed by atoms with Gasteiger partial charge in [-0.25, -0.2) is 0 Å². The fourth-order valence-electron chi connectivity index (χ4n) is 0.861. The predicted octanol–water partition coefficient (Wildman–Crippen LogP) is 2.87. The average Bonchev–Trinajstić information content (AvgIpc) is 2.57. The van der Waals surface area contributed by atoms with Gasteiger partial charge in [0.15, 0.2) is 5.12 Å². The van der Waals surface area contributed by atoms with Crippen molar-refractivity contribution >= 4 is 40.8 Å². The first-order chi connectivity index (χ1) is 6.33. The van der Waals surface area contributed by atoms with Crippen LogP contribution in [0.1, 0.15) is 12.0 Å². The highest BCUT2D eigenvalue weighted by molar-refractivity contribution is 8.13. The van der Waals surface area contributed by atoms with Gasteiger partial charge in [-0.3, -0.25) is 4.79 Å². The second kappa shape index (κ2) is 6.51. The quantitative estimate of drug-likeness (QED) is 0.621. The molecule has 0 atom stereocenters. The molecule has 72 valence electrons. The molecule has 0 aromatic carbocycles. The summed E-state index contributed by atoms with van der Waals surface area (Å²) in [6.07, 6.45) is 1.57. The molecule has 0 spiro atoms. The van der Waals surface area contributed by atoms with Gasteiger partial charge in [-0.2, -0.15) is 24.0 Å². The molecule has 0 fully saturated rings. The molecule has 0 N–H and O–H groups in total. The molecule has 1 aromatic heterocycles. The van der Waals surface area contributed by atoms with Crippen molar-refractivity contribution in [2.45, 2.75) is 12.8 Å². The van der Waals surface area contributed by atoms with Gasteiger partial charge in [-0.1, -0.05) is 11.8 Å². The number of hydrogen-bond donors (Lipinski definition) is 1. The van der Waals surface area contributed by atoms with Crippen LogP contribution in [0, 0.1) is 0 Å². The third kappa shape index (κ3) is 4.74. The van der Waals surface area contributed by atoms with Gasteiger partial charge in [-0.15, -0.1) is 0 Å². The molecule has 4 heteroatoms. The Balaban J connectivity index is 2.18. The summed E-state index contributed by atoms with van der Waals surface area (Å²) >= 11 is 7.14. The first-order valence-corrected chi connectivity index (χ1v) is 6.66. The van der Waals surface area contributed by atoms with Crippen LogP contribution >= 0.6 is 35.7 Å². The van der Waals surface area contributed by atoms with Crippen LogP contribution in [0.4, 0.5) is 0 Å². The monoisotopic (exact) mass is 232 g/mol. The van der Waals surface area contributed by atoms with E-state index < -0.39 is 0 Å². The topological polar surface area (TPSA) is 17.1 Å². The number of thiophene rings is 1. The Bertz CT molecular complexity index is 243. The predicted molar refractivity (Wildman–Crippen MR) is 64.0 cm³/mol. The lowest BCUT2D eigenvalue weighted by molar-refractivity contribution is -0.110. The number of hydrogen-bond acceptors (Lipinski definition) is 4. The minimum Gasteiger partial charge on any atom is -0.287 e. The van der Waals surface area contributed by atoms with Crippen molar-refractivity contribution in [3.63, 3.8) is 0 Å². The molecular formula is C9H12OS3. The van der Waals surface area contributed by atoms with E-state index in [1.165, 1.54) is 11.8 Å². The molecule has 1 nitrogen and oxygen atoms in total. The van der Waals surface area contributed by atoms with Gasteiger partial charge >= 0.3 is 0 Å². The maximum atomic E-state index is 11.3. The Kier molecular flexibility index (Phi) is 5.58. The maximum Gasteiger partial charge on any atom is 0.193 e. The van der Waals surface area contributed by atoms with Crippen molar-refractivity contribution in [1.82, 2.24) is 0 Å². The molecule has 1 aromatic rings. The summed E-state index contributed by atoms with van der Waals surface area (Å²) in [6, 6.07) is 2.00. The Morgan fingerprint density at radius 1 is 1.62 bits per heavy atom. The van der Waals surface area contributed by atoms with E-state index in [0.717, 1.165) is 23.5 Å². The fraction of sp³-hybridized carbons (Fsp3) is 0.444. The second-order valence-electron chi connectivity index (χ2n) is 2.61. The molecule has 0 aliphatic rings. The molecule has 0 saturated carbocycles. The summed E-state index contributed by atoms with van der Waals surface area (Å²) in [4.78, 5) is 11.3. The summed E-state index contributed by atoms with van der Waals surface area (Å²) < 4.78 is 0. The lowest BCUT2D eigenvalue weighted by atomic mass is 10.3. The summed E-state index contributed by atoms with van der Waals surface area (Å²) in [5, 5.41) is 4.29. The van der Waals surface area contributed by atoms with Gasteiger partial charge in [0.25, 0.3) is 0 Å². The number of thiol groups is 1. The van der Waals surface area contributed by atoms with E-state index in [9.17, 15) is 4.79 Å². The molecule has 1 heterocycles. The molecule has 0 bridgehead atoms. The van der Waals surface area contributed by atoms with E-state index in [-0.39, 0.29) is 5.12 Å². The van der Waals surface area contributed by atoms with Crippen LogP contribution in [0.2, 0.25) is 0 Å². The first kappa shape index (κ1) is 11.1. The number of carbonyl (C=O) groups excluding carboxylic acids is 1. The van der Waals surface area contributed by atoms with Crippen LogP contribution in [0.3, 0.4) is 0 Å². The maximum absolute atomic E-state index is 11.3. The Morgan fingerprint density at radius 2 is 2.46 bits per heavy atom. The van der Waals surface area contributed by atoms with E-state index in [1.807, 2.05) is 16.8 Å². The van der Waals surface area contributed by atoms with Crippen molar-refractivity contribution in [2.24, 2.45) is 0 Å². The minimum absolute atomic E-state index is 0.264. The number of rotatable bonds is 5. The summed E-state index contributed by atoms with van der Waals surface area (Å²) in [6.45, 7) is 0.